The minimum atomic E-state index is -0.479. The Hall–Kier alpha value is -1.26. The second-order valence-corrected chi connectivity index (χ2v) is 5.36. The van der Waals surface area contributed by atoms with Gasteiger partial charge < -0.3 is 15.0 Å². The molecule has 20 heavy (non-hydrogen) atoms. The molecule has 4 nitrogen and oxygen atoms in total. The minimum absolute atomic E-state index is 0.0776. The first-order valence-corrected chi connectivity index (χ1v) is 7.25. The van der Waals surface area contributed by atoms with Gasteiger partial charge in [0.1, 0.15) is 5.75 Å². The second-order valence-electron chi connectivity index (χ2n) is 4.92. The van der Waals surface area contributed by atoms with Crippen molar-refractivity contribution in [1.82, 2.24) is 10.2 Å². The zero-order valence-corrected chi connectivity index (χ0v) is 13.1. The first kappa shape index (κ1) is 16.8. The van der Waals surface area contributed by atoms with E-state index in [2.05, 4.69) is 10.2 Å². The summed E-state index contributed by atoms with van der Waals surface area (Å²) in [6.07, 6.45) is 1.06. The number of hydrogen-bond donors (Lipinski definition) is 1. The number of halogens is 1. The summed E-state index contributed by atoms with van der Waals surface area (Å²) in [6, 6.07) is 7.09. The van der Waals surface area contributed by atoms with Gasteiger partial charge in [0.2, 0.25) is 0 Å². The Balaban J connectivity index is 2.43. The molecule has 1 atom stereocenters. The van der Waals surface area contributed by atoms with Crippen molar-refractivity contribution < 1.29 is 9.53 Å². The van der Waals surface area contributed by atoms with E-state index in [-0.39, 0.29) is 5.91 Å². The van der Waals surface area contributed by atoms with Crippen molar-refractivity contribution >= 4 is 17.5 Å². The van der Waals surface area contributed by atoms with Crippen molar-refractivity contribution in [3.05, 3.63) is 29.3 Å². The van der Waals surface area contributed by atoms with Gasteiger partial charge in [-0.2, -0.15) is 0 Å². The third-order valence-electron chi connectivity index (χ3n) is 2.82. The molecule has 1 aromatic rings. The van der Waals surface area contributed by atoms with Gasteiger partial charge in [-0.1, -0.05) is 24.6 Å². The lowest BCUT2D eigenvalue weighted by atomic mass is 10.2. The highest BCUT2D eigenvalue weighted by molar-refractivity contribution is 6.30. The Bertz CT molecular complexity index is 424. The molecule has 0 spiro atoms. The molecule has 0 aliphatic carbocycles. The maximum absolute atomic E-state index is 12.0. The van der Waals surface area contributed by atoms with Gasteiger partial charge in [0.05, 0.1) is 0 Å². The van der Waals surface area contributed by atoms with Crippen LogP contribution in [0.1, 0.15) is 19.8 Å². The van der Waals surface area contributed by atoms with Crippen LogP contribution in [0.2, 0.25) is 5.02 Å². The Morgan fingerprint density at radius 2 is 2.20 bits per heavy atom. The summed E-state index contributed by atoms with van der Waals surface area (Å²) in [7, 11) is 4.03. The number of carbonyl (C=O) groups is 1. The molecule has 1 unspecified atom stereocenters. The van der Waals surface area contributed by atoms with E-state index in [0.29, 0.717) is 23.7 Å². The van der Waals surface area contributed by atoms with Crippen LogP contribution >= 0.6 is 11.6 Å². The predicted octanol–water partition coefficient (Wildman–Crippen LogP) is 2.57. The van der Waals surface area contributed by atoms with Crippen molar-refractivity contribution in [2.45, 2.75) is 25.9 Å². The minimum Gasteiger partial charge on any atom is -0.481 e. The van der Waals surface area contributed by atoms with Crippen LogP contribution in [0.3, 0.4) is 0 Å². The molecule has 1 rings (SSSR count). The summed E-state index contributed by atoms with van der Waals surface area (Å²) >= 11 is 5.90. The number of nitrogens with zero attached hydrogens (tertiary/aromatic N) is 1. The molecule has 1 N–H and O–H groups in total. The van der Waals surface area contributed by atoms with E-state index >= 15 is 0 Å². The van der Waals surface area contributed by atoms with Crippen LogP contribution in [0.15, 0.2) is 24.3 Å². The van der Waals surface area contributed by atoms with Crippen LogP contribution in [0.4, 0.5) is 0 Å². The number of carbonyl (C=O) groups excluding carboxylic acids is 1. The van der Waals surface area contributed by atoms with Gasteiger partial charge in [-0.3, -0.25) is 4.79 Å². The fraction of sp³-hybridized carbons (Fsp3) is 0.533. The lowest BCUT2D eigenvalue weighted by Crippen LogP contribution is -2.39. The predicted molar refractivity (Wildman–Crippen MR) is 82.3 cm³/mol. The van der Waals surface area contributed by atoms with E-state index in [4.69, 9.17) is 16.3 Å². The Labute approximate surface area is 126 Å². The molecule has 1 aromatic carbocycles. The molecular formula is C15H23ClN2O2. The summed E-state index contributed by atoms with van der Waals surface area (Å²) in [5.74, 6) is 0.541. The van der Waals surface area contributed by atoms with Crippen LogP contribution in [0, 0.1) is 0 Å². The molecule has 0 bridgehead atoms. The molecule has 0 saturated carbocycles. The molecule has 1 amide bonds. The highest BCUT2D eigenvalue weighted by atomic mass is 35.5. The monoisotopic (exact) mass is 298 g/mol. The molecule has 0 aliphatic rings. The summed E-state index contributed by atoms with van der Waals surface area (Å²) < 4.78 is 5.68. The Morgan fingerprint density at radius 3 is 2.80 bits per heavy atom. The Morgan fingerprint density at radius 1 is 1.45 bits per heavy atom. The van der Waals surface area contributed by atoms with Crippen molar-refractivity contribution in [1.29, 1.82) is 0 Å². The van der Waals surface area contributed by atoms with Gasteiger partial charge in [-0.05, 0) is 51.7 Å². The molecule has 5 heteroatoms. The zero-order valence-electron chi connectivity index (χ0n) is 12.4. The van der Waals surface area contributed by atoms with Gasteiger partial charge in [0, 0.05) is 11.6 Å². The number of benzene rings is 1. The molecule has 0 aliphatic heterocycles. The van der Waals surface area contributed by atoms with Gasteiger partial charge in [0.25, 0.3) is 5.91 Å². The first-order chi connectivity index (χ1) is 9.52. The highest BCUT2D eigenvalue weighted by Crippen LogP contribution is 2.19. The number of amides is 1. The van der Waals surface area contributed by atoms with Crippen molar-refractivity contribution in [2.75, 3.05) is 27.2 Å². The van der Waals surface area contributed by atoms with E-state index in [9.17, 15) is 4.79 Å². The van der Waals surface area contributed by atoms with E-state index in [1.807, 2.05) is 21.0 Å². The van der Waals surface area contributed by atoms with Gasteiger partial charge in [-0.25, -0.2) is 0 Å². The van der Waals surface area contributed by atoms with Crippen molar-refractivity contribution in [2.24, 2.45) is 0 Å². The van der Waals surface area contributed by atoms with Crippen molar-refractivity contribution in [3.8, 4) is 5.75 Å². The first-order valence-electron chi connectivity index (χ1n) is 6.87. The van der Waals surface area contributed by atoms with E-state index in [1.165, 1.54) is 0 Å². The SMILES string of the molecule is CCC(Oc1cccc(Cl)c1)C(=O)NCCCN(C)C. The largest absolute Gasteiger partial charge is 0.481 e. The van der Waals surface area contributed by atoms with Crippen LogP contribution in [0.25, 0.3) is 0 Å². The maximum atomic E-state index is 12.0. The zero-order chi connectivity index (χ0) is 15.0. The molecule has 0 fully saturated rings. The van der Waals surface area contributed by atoms with Crippen LogP contribution in [-0.4, -0.2) is 44.1 Å². The maximum Gasteiger partial charge on any atom is 0.261 e. The number of ether oxygens (including phenoxy) is 1. The van der Waals surface area contributed by atoms with Crippen molar-refractivity contribution in [3.63, 3.8) is 0 Å². The van der Waals surface area contributed by atoms with E-state index in [0.717, 1.165) is 13.0 Å². The topological polar surface area (TPSA) is 41.6 Å². The van der Waals surface area contributed by atoms with E-state index < -0.39 is 6.10 Å². The molecular weight excluding hydrogens is 276 g/mol. The van der Waals surface area contributed by atoms with Gasteiger partial charge in [0.15, 0.2) is 6.10 Å². The van der Waals surface area contributed by atoms with Gasteiger partial charge >= 0.3 is 0 Å². The van der Waals surface area contributed by atoms with Crippen LogP contribution < -0.4 is 10.1 Å². The normalized spacial score (nSPS) is 12.2. The summed E-state index contributed by atoms with van der Waals surface area (Å²) in [4.78, 5) is 14.1. The number of nitrogens with one attached hydrogen (secondary N) is 1. The summed E-state index contributed by atoms with van der Waals surface area (Å²) in [6.45, 7) is 3.53. The van der Waals surface area contributed by atoms with E-state index in [1.54, 1.807) is 24.3 Å². The third kappa shape index (κ3) is 6.26. The molecule has 0 aromatic heterocycles. The van der Waals surface area contributed by atoms with Crippen LogP contribution in [0.5, 0.6) is 5.75 Å². The average molecular weight is 299 g/mol. The molecule has 0 heterocycles. The fourth-order valence-electron chi connectivity index (χ4n) is 1.75. The Kier molecular flexibility index (Phi) is 7.41. The average Bonchev–Trinajstić information content (AvgIpc) is 2.40. The standard InChI is InChI=1S/C15H23ClN2O2/c1-4-14(15(19)17-9-6-10-18(2)3)20-13-8-5-7-12(16)11-13/h5,7-8,11,14H,4,6,9-10H2,1-3H3,(H,17,19). The molecule has 0 saturated heterocycles. The summed E-state index contributed by atoms with van der Waals surface area (Å²) in [5.41, 5.74) is 0. The third-order valence-corrected chi connectivity index (χ3v) is 3.05. The quantitative estimate of drug-likeness (QED) is 0.750. The number of hydrogen-bond acceptors (Lipinski definition) is 3. The fourth-order valence-corrected chi connectivity index (χ4v) is 1.93. The van der Waals surface area contributed by atoms with Gasteiger partial charge in [-0.15, -0.1) is 0 Å². The number of rotatable bonds is 8. The highest BCUT2D eigenvalue weighted by Gasteiger charge is 2.17. The molecule has 112 valence electrons. The second kappa shape index (κ2) is 8.82. The summed E-state index contributed by atoms with van der Waals surface area (Å²) in [5, 5.41) is 3.50. The van der Waals surface area contributed by atoms with Crippen LogP contribution in [-0.2, 0) is 4.79 Å². The molecule has 0 radical (unpaired) electrons. The smallest absolute Gasteiger partial charge is 0.261 e. The lowest BCUT2D eigenvalue weighted by molar-refractivity contribution is -0.128. The lowest BCUT2D eigenvalue weighted by Gasteiger charge is -2.18.